The van der Waals surface area contributed by atoms with Crippen LogP contribution in [0.15, 0.2) is 46.8 Å². The summed E-state index contributed by atoms with van der Waals surface area (Å²) in [4.78, 5) is 12.5. The highest BCUT2D eigenvalue weighted by Gasteiger charge is 2.16. The summed E-state index contributed by atoms with van der Waals surface area (Å²) in [6.45, 7) is 0.690. The van der Waals surface area contributed by atoms with Crippen molar-refractivity contribution in [1.82, 2.24) is 10.2 Å². The lowest BCUT2D eigenvalue weighted by Crippen LogP contribution is -2.02. The number of rotatable bonds is 7. The molecule has 0 saturated carbocycles. The van der Waals surface area contributed by atoms with Gasteiger partial charge in [0.15, 0.2) is 10.1 Å². The van der Waals surface area contributed by atoms with Crippen LogP contribution in [0.25, 0.3) is 0 Å². The topological polar surface area (TPSA) is 73.3 Å². The smallest absolute Gasteiger partial charge is 0.210 e. The summed E-state index contributed by atoms with van der Waals surface area (Å²) in [5.74, 6) is 2.06. The van der Waals surface area contributed by atoms with Gasteiger partial charge in [0.2, 0.25) is 5.13 Å². The van der Waals surface area contributed by atoms with E-state index in [2.05, 4.69) is 15.5 Å². The molecule has 4 rings (SSSR count). The van der Waals surface area contributed by atoms with E-state index in [9.17, 15) is 4.79 Å². The third kappa shape index (κ3) is 4.23. The number of thioether (sulfide) groups is 1. The highest BCUT2D eigenvalue weighted by atomic mass is 32.2. The van der Waals surface area contributed by atoms with Crippen LogP contribution in [0.2, 0.25) is 0 Å². The first-order chi connectivity index (χ1) is 13.2. The molecule has 1 aromatic heterocycles. The molecule has 0 unspecified atom stereocenters. The quantitative estimate of drug-likeness (QED) is 0.471. The first-order valence-electron chi connectivity index (χ1n) is 8.37. The zero-order valence-electron chi connectivity index (χ0n) is 14.6. The van der Waals surface area contributed by atoms with Gasteiger partial charge in [-0.1, -0.05) is 29.2 Å². The molecular formula is C19H17N3O3S2. The number of nitrogens with zero attached hydrogens (tertiary/aromatic N) is 2. The Kier molecular flexibility index (Phi) is 5.26. The van der Waals surface area contributed by atoms with Crippen LogP contribution in [0, 0.1) is 0 Å². The molecule has 138 valence electrons. The number of aromatic nitrogens is 2. The molecule has 0 radical (unpaired) electrons. The van der Waals surface area contributed by atoms with Crippen LogP contribution in [0.1, 0.15) is 15.9 Å². The van der Waals surface area contributed by atoms with Crippen molar-refractivity contribution in [1.29, 1.82) is 0 Å². The lowest BCUT2D eigenvalue weighted by molar-refractivity contribution is 0.102. The van der Waals surface area contributed by atoms with Gasteiger partial charge < -0.3 is 14.8 Å². The van der Waals surface area contributed by atoms with E-state index in [1.807, 2.05) is 42.5 Å². The molecule has 0 amide bonds. The number of hydrogen-bond donors (Lipinski definition) is 1. The summed E-state index contributed by atoms with van der Waals surface area (Å²) in [6.07, 6.45) is 0.860. The molecule has 1 aliphatic heterocycles. The van der Waals surface area contributed by atoms with Gasteiger partial charge in [-0.2, -0.15) is 0 Å². The Labute approximate surface area is 164 Å². The Hall–Kier alpha value is -2.58. The van der Waals surface area contributed by atoms with Gasteiger partial charge in [0.05, 0.1) is 19.5 Å². The number of fused-ring (bicyclic) bond motifs is 1. The van der Waals surface area contributed by atoms with Crippen LogP contribution in [-0.4, -0.2) is 35.5 Å². The molecule has 0 atom stereocenters. The predicted octanol–water partition coefficient (Wildman–Crippen LogP) is 4.20. The molecule has 0 aliphatic carbocycles. The van der Waals surface area contributed by atoms with E-state index in [4.69, 9.17) is 9.47 Å². The van der Waals surface area contributed by atoms with Gasteiger partial charge >= 0.3 is 0 Å². The Morgan fingerprint density at radius 1 is 1.30 bits per heavy atom. The number of hydrogen-bond acceptors (Lipinski definition) is 8. The number of benzene rings is 2. The summed E-state index contributed by atoms with van der Waals surface area (Å²) < 4.78 is 11.4. The fraction of sp³-hybridized carbons (Fsp3) is 0.211. The van der Waals surface area contributed by atoms with Crippen molar-refractivity contribution in [2.45, 2.75) is 10.8 Å². The molecule has 0 fully saturated rings. The fourth-order valence-corrected chi connectivity index (χ4v) is 4.38. The monoisotopic (exact) mass is 399 g/mol. The van der Waals surface area contributed by atoms with Crippen molar-refractivity contribution >= 4 is 39.7 Å². The standard InChI is InChI=1S/C19H17N3O3S2/c1-24-15-4-2-3-14(10-15)20-18-21-22-19(27-18)26-11-16(23)12-5-6-17-13(9-12)7-8-25-17/h2-6,9-10H,7-8,11H2,1H3,(H,20,21). The van der Waals surface area contributed by atoms with E-state index in [0.29, 0.717) is 23.1 Å². The second-order valence-electron chi connectivity index (χ2n) is 5.86. The molecule has 0 bridgehead atoms. The van der Waals surface area contributed by atoms with Crippen LogP contribution < -0.4 is 14.8 Å². The number of carbonyl (C=O) groups excluding carboxylic acids is 1. The average Bonchev–Trinajstić information content (AvgIpc) is 3.34. The minimum absolute atomic E-state index is 0.0761. The van der Waals surface area contributed by atoms with Gasteiger partial charge in [-0.05, 0) is 35.9 Å². The molecular weight excluding hydrogens is 382 g/mol. The van der Waals surface area contributed by atoms with Gasteiger partial charge in [-0.3, -0.25) is 4.79 Å². The van der Waals surface area contributed by atoms with E-state index >= 15 is 0 Å². The maximum Gasteiger partial charge on any atom is 0.210 e. The number of methoxy groups -OCH3 is 1. The molecule has 0 spiro atoms. The van der Waals surface area contributed by atoms with Crippen molar-refractivity contribution in [2.24, 2.45) is 0 Å². The number of Topliss-reactive ketones (excluding diaryl/α,β-unsaturated/α-hetero) is 1. The van der Waals surface area contributed by atoms with Gasteiger partial charge in [0.1, 0.15) is 11.5 Å². The number of carbonyl (C=O) groups is 1. The van der Waals surface area contributed by atoms with Crippen LogP contribution in [-0.2, 0) is 6.42 Å². The average molecular weight is 399 g/mol. The maximum absolute atomic E-state index is 12.5. The van der Waals surface area contributed by atoms with Crippen molar-refractivity contribution in [3.63, 3.8) is 0 Å². The molecule has 3 aromatic rings. The minimum atomic E-state index is 0.0761. The Bertz CT molecular complexity index is 974. The second-order valence-corrected chi connectivity index (χ2v) is 8.06. The van der Waals surface area contributed by atoms with Crippen molar-refractivity contribution in [3.8, 4) is 11.5 Å². The van der Waals surface area contributed by atoms with Crippen LogP contribution in [0.5, 0.6) is 11.5 Å². The summed E-state index contributed by atoms with van der Waals surface area (Å²) in [5.41, 5.74) is 2.69. The van der Waals surface area contributed by atoms with Crippen LogP contribution in [0.4, 0.5) is 10.8 Å². The molecule has 2 heterocycles. The Morgan fingerprint density at radius 3 is 3.11 bits per heavy atom. The third-order valence-electron chi connectivity index (χ3n) is 4.07. The highest BCUT2D eigenvalue weighted by molar-refractivity contribution is 8.01. The molecule has 8 heteroatoms. The lowest BCUT2D eigenvalue weighted by atomic mass is 10.1. The van der Waals surface area contributed by atoms with Gasteiger partial charge in [-0.15, -0.1) is 10.2 Å². The van der Waals surface area contributed by atoms with E-state index in [1.165, 1.54) is 23.1 Å². The SMILES string of the molecule is COc1cccc(Nc2nnc(SCC(=O)c3ccc4c(c3)CCO4)s2)c1. The van der Waals surface area contributed by atoms with Crippen LogP contribution >= 0.6 is 23.1 Å². The molecule has 1 N–H and O–H groups in total. The largest absolute Gasteiger partial charge is 0.497 e. The van der Waals surface area contributed by atoms with E-state index in [0.717, 1.165) is 33.5 Å². The normalized spacial score (nSPS) is 12.3. The number of ether oxygens (including phenoxy) is 2. The molecule has 0 saturated heterocycles. The van der Waals surface area contributed by atoms with Crippen molar-refractivity contribution in [2.75, 3.05) is 24.8 Å². The zero-order valence-corrected chi connectivity index (χ0v) is 16.2. The third-order valence-corrected chi connectivity index (χ3v) is 6.04. The van der Waals surface area contributed by atoms with E-state index < -0.39 is 0 Å². The first-order valence-corrected chi connectivity index (χ1v) is 10.2. The lowest BCUT2D eigenvalue weighted by Gasteiger charge is -2.04. The predicted molar refractivity (Wildman–Crippen MR) is 107 cm³/mol. The van der Waals surface area contributed by atoms with Gasteiger partial charge in [0.25, 0.3) is 0 Å². The van der Waals surface area contributed by atoms with Crippen molar-refractivity contribution < 1.29 is 14.3 Å². The fourth-order valence-electron chi connectivity index (χ4n) is 2.71. The molecule has 6 nitrogen and oxygen atoms in total. The summed E-state index contributed by atoms with van der Waals surface area (Å²) in [7, 11) is 1.63. The summed E-state index contributed by atoms with van der Waals surface area (Å²) in [6, 6.07) is 13.2. The maximum atomic E-state index is 12.5. The van der Waals surface area contributed by atoms with Crippen LogP contribution in [0.3, 0.4) is 0 Å². The second kappa shape index (κ2) is 7.98. The van der Waals surface area contributed by atoms with E-state index in [1.54, 1.807) is 7.11 Å². The number of anilines is 2. The first kappa shape index (κ1) is 17.8. The zero-order chi connectivity index (χ0) is 18.6. The van der Waals surface area contributed by atoms with E-state index in [-0.39, 0.29) is 5.78 Å². The van der Waals surface area contributed by atoms with Crippen molar-refractivity contribution in [3.05, 3.63) is 53.6 Å². The minimum Gasteiger partial charge on any atom is -0.497 e. The van der Waals surface area contributed by atoms with Gasteiger partial charge in [-0.25, -0.2) is 0 Å². The molecule has 2 aromatic carbocycles. The molecule has 27 heavy (non-hydrogen) atoms. The number of nitrogens with one attached hydrogen (secondary N) is 1. The molecule has 1 aliphatic rings. The Morgan fingerprint density at radius 2 is 2.22 bits per heavy atom. The summed E-state index contributed by atoms with van der Waals surface area (Å²) >= 11 is 2.81. The van der Waals surface area contributed by atoms with Gasteiger partial charge in [0, 0.05) is 23.7 Å². The highest BCUT2D eigenvalue weighted by Crippen LogP contribution is 2.30. The Balaban J connectivity index is 1.36. The number of ketones is 1. The summed E-state index contributed by atoms with van der Waals surface area (Å²) in [5, 5.41) is 12.2.